The molecule has 29 heavy (non-hydrogen) atoms. The van der Waals surface area contributed by atoms with Crippen molar-refractivity contribution < 1.29 is 22.7 Å². The summed E-state index contributed by atoms with van der Waals surface area (Å²) < 4.78 is 28.5. The van der Waals surface area contributed by atoms with Crippen molar-refractivity contribution in [3.05, 3.63) is 54.1 Å². The number of benzene rings is 2. The SMILES string of the molecule is COc1ccc(NC(=O)[C@H](NC(=O)Cc2ccccc2)C(C)C)cc1S(N)(=O)=O. The highest BCUT2D eigenvalue weighted by Gasteiger charge is 2.25. The van der Waals surface area contributed by atoms with E-state index in [4.69, 9.17) is 9.88 Å². The summed E-state index contributed by atoms with van der Waals surface area (Å²) in [5.41, 5.74) is 1.06. The molecule has 1 atom stereocenters. The molecule has 0 aliphatic carbocycles. The summed E-state index contributed by atoms with van der Waals surface area (Å²) in [4.78, 5) is 24.8. The number of sulfonamides is 1. The molecule has 8 nitrogen and oxygen atoms in total. The minimum atomic E-state index is -4.04. The number of anilines is 1. The Labute approximate surface area is 170 Å². The van der Waals surface area contributed by atoms with E-state index in [0.717, 1.165) is 5.56 Å². The number of carbonyl (C=O) groups excluding carboxylic acids is 2. The van der Waals surface area contributed by atoms with Crippen LogP contribution in [-0.4, -0.2) is 33.4 Å². The number of amides is 2. The molecular formula is C20H25N3O5S. The van der Waals surface area contributed by atoms with Crippen LogP contribution >= 0.6 is 0 Å². The molecule has 9 heteroatoms. The first-order valence-electron chi connectivity index (χ1n) is 8.96. The lowest BCUT2D eigenvalue weighted by Gasteiger charge is -2.22. The predicted molar refractivity (Wildman–Crippen MR) is 110 cm³/mol. The van der Waals surface area contributed by atoms with E-state index in [0.29, 0.717) is 0 Å². The van der Waals surface area contributed by atoms with Crippen molar-refractivity contribution >= 4 is 27.5 Å². The predicted octanol–water partition coefficient (Wildman–Crippen LogP) is 1.66. The van der Waals surface area contributed by atoms with Crippen LogP contribution in [-0.2, 0) is 26.0 Å². The number of ether oxygens (including phenoxy) is 1. The van der Waals surface area contributed by atoms with Crippen LogP contribution in [0.1, 0.15) is 19.4 Å². The molecule has 2 rings (SSSR count). The maximum absolute atomic E-state index is 12.7. The summed E-state index contributed by atoms with van der Waals surface area (Å²) in [7, 11) is -2.72. The molecule has 0 fully saturated rings. The monoisotopic (exact) mass is 419 g/mol. The Morgan fingerprint density at radius 3 is 2.31 bits per heavy atom. The highest BCUT2D eigenvalue weighted by Crippen LogP contribution is 2.26. The fourth-order valence-corrected chi connectivity index (χ4v) is 3.46. The first kappa shape index (κ1) is 22.4. The molecule has 2 aromatic rings. The second-order valence-corrected chi connectivity index (χ2v) is 8.38. The Morgan fingerprint density at radius 2 is 1.76 bits per heavy atom. The van der Waals surface area contributed by atoms with Gasteiger partial charge in [0.05, 0.1) is 13.5 Å². The molecule has 2 aromatic carbocycles. The minimum Gasteiger partial charge on any atom is -0.495 e. The summed E-state index contributed by atoms with van der Waals surface area (Å²) in [6, 6.07) is 12.5. The summed E-state index contributed by atoms with van der Waals surface area (Å²) in [6.07, 6.45) is 0.148. The number of rotatable bonds is 8. The molecule has 0 aliphatic heterocycles. The van der Waals surface area contributed by atoms with Gasteiger partial charge in [0.25, 0.3) is 0 Å². The average molecular weight is 420 g/mol. The summed E-state index contributed by atoms with van der Waals surface area (Å²) in [5.74, 6) is -0.871. The van der Waals surface area contributed by atoms with Crippen molar-refractivity contribution in [3.8, 4) is 5.75 Å². The van der Waals surface area contributed by atoms with Crippen LogP contribution in [0, 0.1) is 5.92 Å². The van der Waals surface area contributed by atoms with Gasteiger partial charge in [0.1, 0.15) is 16.7 Å². The van der Waals surface area contributed by atoms with Gasteiger partial charge in [0.15, 0.2) is 0 Å². The zero-order valence-corrected chi connectivity index (χ0v) is 17.3. The van der Waals surface area contributed by atoms with Crippen LogP contribution < -0.4 is 20.5 Å². The zero-order valence-electron chi connectivity index (χ0n) is 16.5. The van der Waals surface area contributed by atoms with Crippen molar-refractivity contribution in [3.63, 3.8) is 0 Å². The maximum atomic E-state index is 12.7. The fraction of sp³-hybridized carbons (Fsp3) is 0.300. The molecular weight excluding hydrogens is 394 g/mol. The Kier molecular flexibility index (Phi) is 7.35. The van der Waals surface area contributed by atoms with Gasteiger partial charge in [-0.05, 0) is 29.7 Å². The molecule has 4 N–H and O–H groups in total. The maximum Gasteiger partial charge on any atom is 0.247 e. The van der Waals surface area contributed by atoms with Gasteiger partial charge in [-0.1, -0.05) is 44.2 Å². The highest BCUT2D eigenvalue weighted by atomic mass is 32.2. The second-order valence-electron chi connectivity index (χ2n) is 6.85. The number of methoxy groups -OCH3 is 1. The Balaban J connectivity index is 2.14. The molecule has 2 amide bonds. The van der Waals surface area contributed by atoms with Gasteiger partial charge in [0.2, 0.25) is 21.8 Å². The van der Waals surface area contributed by atoms with Gasteiger partial charge in [-0.25, -0.2) is 13.6 Å². The topological polar surface area (TPSA) is 128 Å². The van der Waals surface area contributed by atoms with Crippen LogP contribution in [0.4, 0.5) is 5.69 Å². The lowest BCUT2D eigenvalue weighted by atomic mass is 10.0. The van der Waals surface area contributed by atoms with Gasteiger partial charge >= 0.3 is 0 Å². The fourth-order valence-electron chi connectivity index (χ4n) is 2.74. The van der Waals surface area contributed by atoms with E-state index in [1.165, 1.54) is 25.3 Å². The van der Waals surface area contributed by atoms with E-state index in [9.17, 15) is 18.0 Å². The lowest BCUT2D eigenvalue weighted by Crippen LogP contribution is -2.47. The van der Waals surface area contributed by atoms with E-state index in [2.05, 4.69) is 10.6 Å². The van der Waals surface area contributed by atoms with Crippen molar-refractivity contribution in [1.29, 1.82) is 0 Å². The largest absolute Gasteiger partial charge is 0.495 e. The van der Waals surface area contributed by atoms with Crippen LogP contribution in [0.2, 0.25) is 0 Å². The standard InChI is InChI=1S/C20H25N3O5S/c1-13(2)19(23-18(24)11-14-7-5-4-6-8-14)20(25)22-15-9-10-16(28-3)17(12-15)29(21,26)27/h4-10,12-13,19H,11H2,1-3H3,(H,22,25)(H,23,24)(H2,21,26,27)/t19-/m1/s1. The highest BCUT2D eigenvalue weighted by molar-refractivity contribution is 7.89. The smallest absolute Gasteiger partial charge is 0.247 e. The quantitative estimate of drug-likeness (QED) is 0.600. The summed E-state index contributed by atoms with van der Waals surface area (Å²) in [5, 5.41) is 10.6. The van der Waals surface area contributed by atoms with E-state index >= 15 is 0 Å². The molecule has 0 aliphatic rings. The number of carbonyl (C=O) groups is 2. The lowest BCUT2D eigenvalue weighted by molar-refractivity contribution is -0.127. The molecule has 0 spiro atoms. The van der Waals surface area contributed by atoms with Gasteiger partial charge in [-0.2, -0.15) is 0 Å². The molecule has 0 heterocycles. The van der Waals surface area contributed by atoms with Gasteiger partial charge in [-0.15, -0.1) is 0 Å². The second kappa shape index (κ2) is 9.53. The Bertz CT molecular complexity index is 975. The third kappa shape index (κ3) is 6.30. The zero-order chi connectivity index (χ0) is 21.6. The molecule has 0 unspecified atom stereocenters. The van der Waals surface area contributed by atoms with Crippen molar-refractivity contribution in [1.82, 2.24) is 5.32 Å². The summed E-state index contributed by atoms with van der Waals surface area (Å²) >= 11 is 0. The normalized spacial score (nSPS) is 12.3. The van der Waals surface area contributed by atoms with Crippen LogP contribution in [0.25, 0.3) is 0 Å². The van der Waals surface area contributed by atoms with Crippen LogP contribution in [0.15, 0.2) is 53.4 Å². The van der Waals surface area contributed by atoms with E-state index in [-0.39, 0.29) is 34.6 Å². The van der Waals surface area contributed by atoms with Crippen molar-refractivity contribution in [2.75, 3.05) is 12.4 Å². The molecule has 0 aromatic heterocycles. The molecule has 156 valence electrons. The van der Waals surface area contributed by atoms with Gasteiger partial charge < -0.3 is 15.4 Å². The van der Waals surface area contributed by atoms with Gasteiger partial charge in [-0.3, -0.25) is 9.59 Å². The van der Waals surface area contributed by atoms with E-state index < -0.39 is 22.0 Å². The van der Waals surface area contributed by atoms with Crippen molar-refractivity contribution in [2.24, 2.45) is 11.1 Å². The van der Waals surface area contributed by atoms with E-state index in [1.54, 1.807) is 13.8 Å². The molecule has 0 saturated heterocycles. The average Bonchev–Trinajstić information content (AvgIpc) is 2.65. The third-order valence-corrected chi connectivity index (χ3v) is 5.14. The number of primary sulfonamides is 1. The van der Waals surface area contributed by atoms with Crippen molar-refractivity contribution in [2.45, 2.75) is 31.2 Å². The van der Waals surface area contributed by atoms with Crippen LogP contribution in [0.3, 0.4) is 0 Å². The Hall–Kier alpha value is -2.91. The summed E-state index contributed by atoms with van der Waals surface area (Å²) in [6.45, 7) is 3.60. The van der Waals surface area contributed by atoms with Crippen LogP contribution in [0.5, 0.6) is 5.75 Å². The number of nitrogens with two attached hydrogens (primary N) is 1. The van der Waals surface area contributed by atoms with Gasteiger partial charge in [0, 0.05) is 5.69 Å². The third-order valence-electron chi connectivity index (χ3n) is 4.21. The minimum absolute atomic E-state index is 0.0714. The Morgan fingerprint density at radius 1 is 1.10 bits per heavy atom. The number of hydrogen-bond donors (Lipinski definition) is 3. The molecule has 0 bridgehead atoms. The number of nitrogens with one attached hydrogen (secondary N) is 2. The van der Waals surface area contributed by atoms with E-state index in [1.807, 2.05) is 30.3 Å². The molecule has 0 saturated carbocycles. The first-order chi connectivity index (χ1) is 13.6. The molecule has 0 radical (unpaired) electrons. The first-order valence-corrected chi connectivity index (χ1v) is 10.5. The number of hydrogen-bond acceptors (Lipinski definition) is 5.